The van der Waals surface area contributed by atoms with Crippen molar-refractivity contribution in [2.75, 3.05) is 38.7 Å². The Kier molecular flexibility index (Phi) is 9.39. The molecule has 0 bridgehead atoms. The van der Waals surface area contributed by atoms with E-state index < -0.39 is 0 Å². The molecule has 9 nitrogen and oxygen atoms in total. The summed E-state index contributed by atoms with van der Waals surface area (Å²) in [6, 6.07) is 7.16. The summed E-state index contributed by atoms with van der Waals surface area (Å²) in [6.45, 7) is 4.50. The summed E-state index contributed by atoms with van der Waals surface area (Å²) in [6.07, 6.45) is 0.0399. The van der Waals surface area contributed by atoms with Gasteiger partial charge in [0.1, 0.15) is 6.54 Å². The van der Waals surface area contributed by atoms with Crippen LogP contribution in [0.5, 0.6) is 0 Å². The molecule has 0 fully saturated rings. The number of methoxy groups -OCH3 is 1. The Labute approximate surface area is 179 Å². The molecule has 0 atom stereocenters. The minimum Gasteiger partial charge on any atom is -0.383 e. The highest BCUT2D eigenvalue weighted by Crippen LogP contribution is 2.16. The van der Waals surface area contributed by atoms with Crippen molar-refractivity contribution in [2.24, 2.45) is 0 Å². The number of benzene rings is 1. The number of carbonyl (C=O) groups is 3. The standard InChI is InChI=1S/C20H26N4O5S/c1-4-29-23-17(25)11-16-13-30-20(21-16)22-18(26)12-24(9-10-28-3)19(27)15-7-5-14(2)6-8-15/h5-8,13H,4,9-12H2,1-3H3,(H,23,25)(H,21,22,26). The smallest absolute Gasteiger partial charge is 0.254 e. The second-order valence-corrected chi connectivity index (χ2v) is 7.27. The molecule has 2 rings (SSSR count). The minimum absolute atomic E-state index is 0.0399. The van der Waals surface area contributed by atoms with Crippen LogP contribution >= 0.6 is 11.3 Å². The van der Waals surface area contributed by atoms with E-state index in [0.717, 1.165) is 5.56 Å². The Bertz CT molecular complexity index is 853. The summed E-state index contributed by atoms with van der Waals surface area (Å²) in [5, 5.41) is 4.71. The van der Waals surface area contributed by atoms with Crippen molar-refractivity contribution in [2.45, 2.75) is 20.3 Å². The number of aromatic nitrogens is 1. The van der Waals surface area contributed by atoms with Gasteiger partial charge in [-0.25, -0.2) is 10.5 Å². The van der Waals surface area contributed by atoms with Crippen molar-refractivity contribution >= 4 is 34.2 Å². The van der Waals surface area contributed by atoms with E-state index in [1.165, 1.54) is 23.3 Å². The molecular formula is C20H26N4O5S. The highest BCUT2D eigenvalue weighted by Gasteiger charge is 2.19. The lowest BCUT2D eigenvalue weighted by Crippen LogP contribution is -2.40. The van der Waals surface area contributed by atoms with Crippen LogP contribution in [0.3, 0.4) is 0 Å². The van der Waals surface area contributed by atoms with Gasteiger partial charge in [-0.3, -0.25) is 19.2 Å². The maximum absolute atomic E-state index is 12.8. The fraction of sp³-hybridized carbons (Fsp3) is 0.400. The SMILES string of the molecule is CCONC(=O)Cc1csc(NC(=O)CN(CCOC)C(=O)c2ccc(C)cc2)n1. The van der Waals surface area contributed by atoms with Crippen molar-refractivity contribution in [1.82, 2.24) is 15.4 Å². The zero-order valence-electron chi connectivity index (χ0n) is 17.3. The van der Waals surface area contributed by atoms with Crippen LogP contribution in [0.1, 0.15) is 28.5 Å². The molecule has 0 saturated heterocycles. The van der Waals surface area contributed by atoms with E-state index in [2.05, 4.69) is 15.8 Å². The molecule has 10 heteroatoms. The number of thiazole rings is 1. The largest absolute Gasteiger partial charge is 0.383 e. The Morgan fingerprint density at radius 1 is 1.17 bits per heavy atom. The summed E-state index contributed by atoms with van der Waals surface area (Å²) < 4.78 is 5.06. The average molecular weight is 435 g/mol. The van der Waals surface area contributed by atoms with Gasteiger partial charge in [0.05, 0.1) is 25.3 Å². The van der Waals surface area contributed by atoms with Crippen molar-refractivity contribution in [3.63, 3.8) is 0 Å². The lowest BCUT2D eigenvalue weighted by Gasteiger charge is -2.21. The number of amides is 3. The quantitative estimate of drug-likeness (QED) is 0.522. The van der Waals surface area contributed by atoms with Crippen molar-refractivity contribution in [3.05, 3.63) is 46.5 Å². The summed E-state index contributed by atoms with van der Waals surface area (Å²) >= 11 is 1.20. The molecule has 3 amide bonds. The van der Waals surface area contributed by atoms with Crippen LogP contribution < -0.4 is 10.8 Å². The zero-order valence-corrected chi connectivity index (χ0v) is 18.1. The fourth-order valence-corrected chi connectivity index (χ4v) is 3.19. The first-order valence-corrected chi connectivity index (χ1v) is 10.3. The highest BCUT2D eigenvalue weighted by atomic mass is 32.1. The molecule has 1 aromatic carbocycles. The van der Waals surface area contributed by atoms with Crippen LogP contribution in [-0.4, -0.2) is 61.0 Å². The third kappa shape index (κ3) is 7.54. The molecule has 0 aliphatic carbocycles. The predicted octanol–water partition coefficient (Wildman–Crippen LogP) is 1.79. The number of rotatable bonds is 11. The second kappa shape index (κ2) is 12.0. The summed E-state index contributed by atoms with van der Waals surface area (Å²) in [7, 11) is 1.54. The van der Waals surface area contributed by atoms with Crippen LogP contribution in [0.2, 0.25) is 0 Å². The maximum atomic E-state index is 12.8. The molecule has 1 aromatic heterocycles. The van der Waals surface area contributed by atoms with Gasteiger partial charge < -0.3 is 15.0 Å². The van der Waals surface area contributed by atoms with Gasteiger partial charge in [-0.1, -0.05) is 17.7 Å². The van der Waals surface area contributed by atoms with Gasteiger partial charge in [0.2, 0.25) is 11.8 Å². The van der Waals surface area contributed by atoms with Crippen LogP contribution in [0.25, 0.3) is 0 Å². The van der Waals surface area contributed by atoms with E-state index in [0.29, 0.717) is 29.6 Å². The normalized spacial score (nSPS) is 10.5. The number of hydrogen-bond donors (Lipinski definition) is 2. The molecule has 30 heavy (non-hydrogen) atoms. The van der Waals surface area contributed by atoms with E-state index in [1.54, 1.807) is 24.4 Å². The number of nitrogens with one attached hydrogen (secondary N) is 2. The number of anilines is 1. The Morgan fingerprint density at radius 3 is 2.57 bits per heavy atom. The molecule has 0 spiro atoms. The monoisotopic (exact) mass is 434 g/mol. The molecule has 0 radical (unpaired) electrons. The Hall–Kier alpha value is -2.82. The predicted molar refractivity (Wildman–Crippen MR) is 113 cm³/mol. The topological polar surface area (TPSA) is 110 Å². The first-order chi connectivity index (χ1) is 14.4. The van der Waals surface area contributed by atoms with Crippen LogP contribution in [-0.2, 0) is 25.6 Å². The molecule has 0 aliphatic rings. The summed E-state index contributed by atoms with van der Waals surface area (Å²) in [5.41, 5.74) is 4.35. The van der Waals surface area contributed by atoms with Gasteiger partial charge in [0.15, 0.2) is 5.13 Å². The summed E-state index contributed by atoms with van der Waals surface area (Å²) in [4.78, 5) is 47.4. The Morgan fingerprint density at radius 2 is 1.90 bits per heavy atom. The minimum atomic E-state index is -0.383. The van der Waals surface area contributed by atoms with Crippen LogP contribution in [0.4, 0.5) is 5.13 Å². The van der Waals surface area contributed by atoms with Crippen LogP contribution in [0, 0.1) is 6.92 Å². The Balaban J connectivity index is 1.96. The fourth-order valence-electron chi connectivity index (χ4n) is 2.46. The van der Waals surface area contributed by atoms with Gasteiger partial charge in [-0.05, 0) is 26.0 Å². The van der Waals surface area contributed by atoms with Crippen molar-refractivity contribution in [3.8, 4) is 0 Å². The van der Waals surface area contributed by atoms with Gasteiger partial charge in [-0.15, -0.1) is 11.3 Å². The zero-order chi connectivity index (χ0) is 21.9. The molecule has 2 N–H and O–H groups in total. The van der Waals surface area contributed by atoms with E-state index in [9.17, 15) is 14.4 Å². The molecular weight excluding hydrogens is 408 g/mol. The van der Waals surface area contributed by atoms with Crippen LogP contribution in [0.15, 0.2) is 29.6 Å². The van der Waals surface area contributed by atoms with E-state index in [1.807, 2.05) is 19.1 Å². The first-order valence-electron chi connectivity index (χ1n) is 9.42. The number of carbonyl (C=O) groups excluding carboxylic acids is 3. The summed E-state index contributed by atoms with van der Waals surface area (Å²) in [5.74, 6) is -0.963. The molecule has 0 unspecified atom stereocenters. The molecule has 1 heterocycles. The number of hydroxylamine groups is 1. The van der Waals surface area contributed by atoms with Crippen molar-refractivity contribution < 1.29 is 24.0 Å². The molecule has 0 saturated carbocycles. The van der Waals surface area contributed by atoms with Gasteiger partial charge in [0.25, 0.3) is 5.91 Å². The van der Waals surface area contributed by atoms with E-state index in [-0.39, 0.29) is 37.2 Å². The number of hydrogen-bond acceptors (Lipinski definition) is 7. The lowest BCUT2D eigenvalue weighted by atomic mass is 10.1. The second-order valence-electron chi connectivity index (χ2n) is 6.41. The van der Waals surface area contributed by atoms with Crippen molar-refractivity contribution in [1.29, 1.82) is 0 Å². The maximum Gasteiger partial charge on any atom is 0.254 e. The lowest BCUT2D eigenvalue weighted by molar-refractivity contribution is -0.132. The van der Waals surface area contributed by atoms with Gasteiger partial charge in [0, 0.05) is 24.6 Å². The number of aryl methyl sites for hydroxylation is 1. The van der Waals surface area contributed by atoms with E-state index in [4.69, 9.17) is 9.57 Å². The van der Waals surface area contributed by atoms with E-state index >= 15 is 0 Å². The highest BCUT2D eigenvalue weighted by molar-refractivity contribution is 7.13. The third-order valence-corrected chi connectivity index (χ3v) is 4.76. The number of nitrogens with zero attached hydrogens (tertiary/aromatic N) is 2. The molecule has 162 valence electrons. The molecule has 2 aromatic rings. The molecule has 0 aliphatic heterocycles. The number of ether oxygens (including phenoxy) is 1. The average Bonchev–Trinajstić information content (AvgIpc) is 3.16. The van der Waals surface area contributed by atoms with Gasteiger partial charge >= 0.3 is 0 Å². The van der Waals surface area contributed by atoms with Gasteiger partial charge in [-0.2, -0.15) is 0 Å². The first kappa shape index (κ1) is 23.5. The third-order valence-electron chi connectivity index (χ3n) is 3.96.